The highest BCUT2D eigenvalue weighted by Crippen LogP contribution is 2.51. The maximum atomic E-state index is 12.8. The number of nitrogens with zero attached hydrogens (tertiary/aromatic N) is 1. The van der Waals surface area contributed by atoms with Crippen LogP contribution in [0.1, 0.15) is 19.4 Å². The fourth-order valence-electron chi connectivity index (χ4n) is 4.00. The zero-order chi connectivity index (χ0) is 23.0. The fraction of sp³-hybridized carbons (Fsp3) is 0.500. The molecule has 0 saturated carbocycles. The third-order valence-corrected chi connectivity index (χ3v) is 7.10. The Hall–Kier alpha value is -2.99. The smallest absolute Gasteiger partial charge is 0.333 e. The topological polar surface area (TPSA) is 146 Å². The van der Waals surface area contributed by atoms with Crippen LogP contribution in [0.15, 0.2) is 18.2 Å². The molecular formula is C20H23N3O8S. The molecule has 12 heteroatoms. The van der Waals surface area contributed by atoms with Gasteiger partial charge in [0.15, 0.2) is 11.5 Å². The van der Waals surface area contributed by atoms with E-state index in [1.54, 1.807) is 32.0 Å². The predicted octanol–water partition coefficient (Wildman–Crippen LogP) is -0.494. The number of ether oxygens (including phenoxy) is 4. The van der Waals surface area contributed by atoms with E-state index in [2.05, 4.69) is 10.1 Å². The normalized spacial score (nSPS) is 25.4. The summed E-state index contributed by atoms with van der Waals surface area (Å²) in [6, 6.07) is 2.79. The van der Waals surface area contributed by atoms with E-state index in [1.165, 1.54) is 16.7 Å². The molecule has 4 atom stereocenters. The van der Waals surface area contributed by atoms with E-state index in [0.717, 1.165) is 5.56 Å². The maximum Gasteiger partial charge on any atom is 0.333 e. The number of thioether (sulfide) groups is 1. The highest BCUT2D eigenvalue weighted by atomic mass is 32.2. The number of β-lactam (4-membered cyclic amide) rings is 1. The molecular weight excluding hydrogens is 442 g/mol. The number of hydrogen-bond donors (Lipinski definition) is 2. The standard InChI is InChI=1S/C20H23N3O8S/c1-20(2)15(19(27)31-8-28-7-24)23-17(26)14(18(23)32-20)22-16(25)11(21)5-10-3-4-12-13(6-10)30-9-29-12/h3-4,6-7,11,14-15,18H,5,8-9,21H2,1-2H3,(H,22,25)/t11?,14-,15+,18-/m1/s1. The average molecular weight is 465 g/mol. The largest absolute Gasteiger partial charge is 0.454 e. The van der Waals surface area contributed by atoms with Crippen molar-refractivity contribution in [2.75, 3.05) is 13.6 Å². The molecule has 0 bridgehead atoms. The van der Waals surface area contributed by atoms with Crippen LogP contribution >= 0.6 is 11.8 Å². The lowest BCUT2D eigenvalue weighted by atomic mass is 9.95. The Morgan fingerprint density at radius 2 is 2.12 bits per heavy atom. The van der Waals surface area contributed by atoms with E-state index < -0.39 is 52.8 Å². The Bertz CT molecular complexity index is 955. The first kappa shape index (κ1) is 22.2. The van der Waals surface area contributed by atoms with E-state index in [4.69, 9.17) is 19.9 Å². The van der Waals surface area contributed by atoms with Crippen LogP contribution in [-0.4, -0.2) is 71.0 Å². The number of hydrogen-bond acceptors (Lipinski definition) is 10. The van der Waals surface area contributed by atoms with Crippen molar-refractivity contribution >= 4 is 36.0 Å². The third-order valence-electron chi connectivity index (χ3n) is 5.53. The Balaban J connectivity index is 1.36. The molecule has 4 rings (SSSR count). The zero-order valence-electron chi connectivity index (χ0n) is 17.4. The van der Waals surface area contributed by atoms with Crippen LogP contribution in [0.3, 0.4) is 0 Å². The minimum atomic E-state index is -0.877. The molecule has 1 aromatic rings. The Kier molecular flexibility index (Phi) is 5.91. The minimum Gasteiger partial charge on any atom is -0.454 e. The van der Waals surface area contributed by atoms with Gasteiger partial charge in [-0.2, -0.15) is 0 Å². The first-order valence-corrected chi connectivity index (χ1v) is 10.8. The summed E-state index contributed by atoms with van der Waals surface area (Å²) in [6.07, 6.45) is 0.252. The van der Waals surface area contributed by atoms with E-state index in [0.29, 0.717) is 11.5 Å². The lowest BCUT2D eigenvalue weighted by Gasteiger charge is -2.44. The van der Waals surface area contributed by atoms with Crippen molar-refractivity contribution in [3.05, 3.63) is 23.8 Å². The van der Waals surface area contributed by atoms with Crippen molar-refractivity contribution in [3.8, 4) is 11.5 Å². The number of nitrogens with two attached hydrogens (primary N) is 1. The molecule has 3 N–H and O–H groups in total. The first-order valence-electron chi connectivity index (χ1n) is 9.89. The molecule has 172 valence electrons. The molecule has 0 aromatic heterocycles. The fourth-order valence-corrected chi connectivity index (χ4v) is 5.62. The number of amides is 2. The van der Waals surface area contributed by atoms with Crippen molar-refractivity contribution in [1.82, 2.24) is 10.2 Å². The second-order valence-corrected chi connectivity index (χ2v) is 9.86. The summed E-state index contributed by atoms with van der Waals surface area (Å²) in [6.45, 7) is 3.40. The number of carbonyl (C=O) groups is 4. The van der Waals surface area contributed by atoms with Gasteiger partial charge in [0.05, 0.1) is 6.04 Å². The number of carbonyl (C=O) groups excluding carboxylic acids is 4. The minimum absolute atomic E-state index is 0.152. The van der Waals surface area contributed by atoms with Crippen molar-refractivity contribution in [2.45, 2.75) is 48.5 Å². The van der Waals surface area contributed by atoms with Gasteiger partial charge in [-0.25, -0.2) is 4.79 Å². The molecule has 0 spiro atoms. The van der Waals surface area contributed by atoms with Gasteiger partial charge in [-0.1, -0.05) is 6.07 Å². The highest BCUT2D eigenvalue weighted by Gasteiger charge is 2.64. The molecule has 11 nitrogen and oxygen atoms in total. The quantitative estimate of drug-likeness (QED) is 0.169. The molecule has 2 saturated heterocycles. The van der Waals surface area contributed by atoms with Gasteiger partial charge in [-0.05, 0) is 38.0 Å². The van der Waals surface area contributed by atoms with Crippen LogP contribution in [0.25, 0.3) is 0 Å². The Morgan fingerprint density at radius 1 is 1.38 bits per heavy atom. The van der Waals surface area contributed by atoms with Gasteiger partial charge in [0, 0.05) is 4.75 Å². The second kappa shape index (κ2) is 8.51. The van der Waals surface area contributed by atoms with Gasteiger partial charge >= 0.3 is 5.97 Å². The maximum absolute atomic E-state index is 12.8. The zero-order valence-corrected chi connectivity index (χ0v) is 18.3. The van der Waals surface area contributed by atoms with Crippen molar-refractivity contribution in [3.63, 3.8) is 0 Å². The van der Waals surface area contributed by atoms with Crippen LogP contribution in [0, 0.1) is 0 Å². The van der Waals surface area contributed by atoms with Gasteiger partial charge in [0.1, 0.15) is 17.5 Å². The Morgan fingerprint density at radius 3 is 2.88 bits per heavy atom. The van der Waals surface area contributed by atoms with Crippen LogP contribution in [0.2, 0.25) is 0 Å². The Labute approximate surface area is 187 Å². The van der Waals surface area contributed by atoms with E-state index in [1.807, 2.05) is 0 Å². The molecule has 32 heavy (non-hydrogen) atoms. The van der Waals surface area contributed by atoms with E-state index >= 15 is 0 Å². The number of nitrogens with one attached hydrogen (secondary N) is 1. The van der Waals surface area contributed by atoms with Gasteiger partial charge in [-0.15, -0.1) is 11.8 Å². The highest BCUT2D eigenvalue weighted by molar-refractivity contribution is 8.01. The first-order chi connectivity index (χ1) is 15.2. The van der Waals surface area contributed by atoms with Crippen LogP contribution < -0.4 is 20.5 Å². The summed E-state index contributed by atoms with van der Waals surface area (Å²) in [4.78, 5) is 49.5. The van der Waals surface area contributed by atoms with Crippen molar-refractivity contribution < 1.29 is 38.1 Å². The third kappa shape index (κ3) is 3.95. The van der Waals surface area contributed by atoms with Gasteiger partial charge in [0.25, 0.3) is 6.47 Å². The summed E-state index contributed by atoms with van der Waals surface area (Å²) in [7, 11) is 0. The number of rotatable bonds is 8. The molecule has 1 unspecified atom stereocenters. The molecule has 0 aliphatic carbocycles. The van der Waals surface area contributed by atoms with E-state index in [-0.39, 0.29) is 19.7 Å². The summed E-state index contributed by atoms with van der Waals surface area (Å²) < 4.78 is 19.3. The van der Waals surface area contributed by atoms with Crippen LogP contribution in [0.4, 0.5) is 0 Å². The van der Waals surface area contributed by atoms with Gasteiger partial charge in [-0.3, -0.25) is 14.4 Å². The molecule has 3 aliphatic heterocycles. The predicted molar refractivity (Wildman–Crippen MR) is 110 cm³/mol. The molecule has 0 radical (unpaired) electrons. The molecule has 2 amide bonds. The number of benzene rings is 1. The average Bonchev–Trinajstić information content (AvgIpc) is 3.31. The summed E-state index contributed by atoms with van der Waals surface area (Å²) >= 11 is 1.38. The van der Waals surface area contributed by atoms with Crippen molar-refractivity contribution in [1.29, 1.82) is 0 Å². The number of fused-ring (bicyclic) bond motifs is 2. The summed E-state index contributed by atoms with van der Waals surface area (Å²) in [5, 5.41) is 2.28. The summed E-state index contributed by atoms with van der Waals surface area (Å²) in [5.74, 6) is -0.302. The molecule has 1 aromatic carbocycles. The van der Waals surface area contributed by atoms with Gasteiger partial charge in [0.2, 0.25) is 25.4 Å². The SMILES string of the molecule is CC1(C)S[C@@H]2[C@H](NC(=O)C(N)Cc3ccc4c(c3)OCO4)C(=O)N2[C@H]1C(=O)OCOC=O. The summed E-state index contributed by atoms with van der Waals surface area (Å²) in [5.41, 5.74) is 6.87. The number of esters is 1. The van der Waals surface area contributed by atoms with Crippen molar-refractivity contribution in [2.24, 2.45) is 5.73 Å². The van der Waals surface area contributed by atoms with Crippen LogP contribution in [-0.2, 0) is 35.1 Å². The molecule has 3 aliphatic rings. The van der Waals surface area contributed by atoms with Gasteiger partial charge < -0.3 is 34.9 Å². The monoisotopic (exact) mass is 465 g/mol. The molecule has 2 fully saturated rings. The van der Waals surface area contributed by atoms with Crippen LogP contribution in [0.5, 0.6) is 11.5 Å². The lowest BCUT2D eigenvalue weighted by molar-refractivity contribution is -0.173. The molecule has 3 heterocycles. The lowest BCUT2D eigenvalue weighted by Crippen LogP contribution is -2.71. The second-order valence-electron chi connectivity index (χ2n) is 8.09. The van der Waals surface area contributed by atoms with E-state index in [9.17, 15) is 19.2 Å².